The molecule has 0 aliphatic rings. The molecule has 0 amide bonds. The Morgan fingerprint density at radius 3 is 1.04 bits per heavy atom. The Morgan fingerprint density at radius 2 is 0.833 bits per heavy atom. The lowest BCUT2D eigenvalue weighted by Crippen LogP contribution is -2.06. The van der Waals surface area contributed by atoms with Crippen LogP contribution in [0.15, 0.2) is 12.1 Å². The van der Waals surface area contributed by atoms with Crippen LogP contribution in [0, 0.1) is 40.5 Å². The minimum absolute atomic E-state index is 0.446. The van der Waals surface area contributed by atoms with Gasteiger partial charge in [-0.3, -0.25) is 40.5 Å². The smallest absolute Gasteiger partial charge is 0.299 e. The van der Waals surface area contributed by atoms with E-state index in [4.69, 9.17) is 11.5 Å². The molecule has 124 valence electrons. The van der Waals surface area contributed by atoms with Gasteiger partial charge in [-0.05, 0) is 0 Å². The highest BCUT2D eigenvalue weighted by Gasteiger charge is 2.34. The Kier molecular flexibility index (Phi) is 3.57. The molecule has 0 radical (unpaired) electrons. The van der Waals surface area contributed by atoms with E-state index in [2.05, 4.69) is 0 Å². The summed E-state index contributed by atoms with van der Waals surface area (Å²) in [5.74, 6) is 0. The Balaban J connectivity index is 3.25. The molecule has 0 bridgehead atoms. The number of nitrogen functional groups attached to an aromatic ring is 2. The molecule has 0 saturated carbocycles. The van der Waals surface area contributed by atoms with E-state index in [1.54, 1.807) is 0 Å². The summed E-state index contributed by atoms with van der Waals surface area (Å²) in [6.07, 6.45) is 0. The van der Waals surface area contributed by atoms with E-state index in [0.717, 1.165) is 0 Å². The lowest BCUT2D eigenvalue weighted by molar-refractivity contribution is -0.395. The molecule has 2 rings (SSSR count). The van der Waals surface area contributed by atoms with Gasteiger partial charge < -0.3 is 11.5 Å². The number of nitro benzene ring substituents is 4. The summed E-state index contributed by atoms with van der Waals surface area (Å²) in [6, 6.07) is 0.892. The second kappa shape index (κ2) is 5.27. The van der Waals surface area contributed by atoms with Gasteiger partial charge in [0.25, 0.3) is 22.7 Å². The third-order valence-corrected chi connectivity index (χ3v) is 3.19. The highest BCUT2D eigenvalue weighted by molar-refractivity contribution is 6.15. The van der Waals surface area contributed by atoms with Crippen molar-refractivity contribution in [3.8, 4) is 0 Å². The lowest BCUT2D eigenvalue weighted by Gasteiger charge is -2.08. The first-order valence-corrected chi connectivity index (χ1v) is 5.84. The van der Waals surface area contributed by atoms with Crippen LogP contribution >= 0.6 is 0 Å². The summed E-state index contributed by atoms with van der Waals surface area (Å²) < 4.78 is 0. The van der Waals surface area contributed by atoms with Gasteiger partial charge in [0.1, 0.15) is 11.4 Å². The number of hydrogen-bond donors (Lipinski definition) is 2. The zero-order valence-corrected chi connectivity index (χ0v) is 11.4. The van der Waals surface area contributed by atoms with Gasteiger partial charge in [0.15, 0.2) is 0 Å². The van der Waals surface area contributed by atoms with Crippen LogP contribution in [0.25, 0.3) is 10.8 Å². The fourth-order valence-corrected chi connectivity index (χ4v) is 2.21. The van der Waals surface area contributed by atoms with Crippen molar-refractivity contribution in [1.82, 2.24) is 0 Å². The number of benzene rings is 2. The normalized spacial score (nSPS) is 10.5. The minimum atomic E-state index is -1.10. The summed E-state index contributed by atoms with van der Waals surface area (Å²) >= 11 is 0. The van der Waals surface area contributed by atoms with Gasteiger partial charge >= 0.3 is 0 Å². The Bertz CT molecular complexity index is 877. The fraction of sp³-hybridized carbons (Fsp3) is 0. The van der Waals surface area contributed by atoms with Crippen LogP contribution in [-0.2, 0) is 0 Å². The van der Waals surface area contributed by atoms with Crippen molar-refractivity contribution in [3.05, 3.63) is 52.6 Å². The van der Waals surface area contributed by atoms with Gasteiger partial charge in [0.05, 0.1) is 42.6 Å². The maximum absolute atomic E-state index is 11.2. The molecule has 14 heteroatoms. The molecule has 0 saturated heterocycles. The number of rotatable bonds is 4. The number of nitro groups is 4. The summed E-state index contributed by atoms with van der Waals surface area (Å²) in [6.45, 7) is 0. The van der Waals surface area contributed by atoms with Gasteiger partial charge in [-0.2, -0.15) is 0 Å². The number of nitrogens with two attached hydrogens (primary N) is 2. The van der Waals surface area contributed by atoms with Crippen LogP contribution in [0.1, 0.15) is 0 Å². The van der Waals surface area contributed by atoms with Crippen molar-refractivity contribution >= 4 is 44.9 Å². The van der Waals surface area contributed by atoms with E-state index in [-0.39, 0.29) is 0 Å². The van der Waals surface area contributed by atoms with E-state index in [9.17, 15) is 40.5 Å². The molecule has 14 nitrogen and oxygen atoms in total. The average molecular weight is 338 g/mol. The topological polar surface area (TPSA) is 225 Å². The monoisotopic (exact) mass is 338 g/mol. The Morgan fingerprint density at radius 1 is 0.583 bits per heavy atom. The second-order valence-corrected chi connectivity index (χ2v) is 4.44. The molecule has 2 aromatic rings. The van der Waals surface area contributed by atoms with E-state index in [1.165, 1.54) is 0 Å². The standard InChI is InChI=1S/C10H6N6O8/c11-9-5(15(21)22)1-3(13(17)18)7-8(9)4(14(19)20)2-6(10(7)12)16(23)24/h1-2H,11-12H2. The molecular formula is C10H6N6O8. The molecular weight excluding hydrogens is 332 g/mol. The summed E-state index contributed by atoms with van der Waals surface area (Å²) in [5, 5.41) is 42.9. The van der Waals surface area contributed by atoms with Gasteiger partial charge in [-0.25, -0.2) is 0 Å². The van der Waals surface area contributed by atoms with Crippen molar-refractivity contribution in [1.29, 1.82) is 0 Å². The van der Waals surface area contributed by atoms with Crippen molar-refractivity contribution in [2.75, 3.05) is 11.5 Å². The first-order chi connectivity index (χ1) is 11.1. The van der Waals surface area contributed by atoms with Gasteiger partial charge in [0.2, 0.25) is 0 Å². The summed E-state index contributed by atoms with van der Waals surface area (Å²) in [7, 11) is 0. The zero-order valence-electron chi connectivity index (χ0n) is 11.4. The molecule has 24 heavy (non-hydrogen) atoms. The predicted molar refractivity (Wildman–Crippen MR) is 79.4 cm³/mol. The molecule has 0 heterocycles. The maximum atomic E-state index is 11.2. The summed E-state index contributed by atoms with van der Waals surface area (Å²) in [5.41, 5.74) is 5.63. The highest BCUT2D eigenvalue weighted by Crippen LogP contribution is 2.47. The van der Waals surface area contributed by atoms with Gasteiger partial charge in [0, 0.05) is 0 Å². The number of anilines is 2. The maximum Gasteiger partial charge on any atom is 0.299 e. The van der Waals surface area contributed by atoms with E-state index >= 15 is 0 Å². The average Bonchev–Trinajstić information content (AvgIpc) is 2.46. The van der Waals surface area contributed by atoms with E-state index in [0.29, 0.717) is 12.1 Å². The summed E-state index contributed by atoms with van der Waals surface area (Å²) in [4.78, 5) is 39.9. The molecule has 0 aromatic heterocycles. The second-order valence-electron chi connectivity index (χ2n) is 4.44. The van der Waals surface area contributed by atoms with E-state index in [1.807, 2.05) is 0 Å². The molecule has 0 spiro atoms. The molecule has 2 aromatic carbocycles. The quantitative estimate of drug-likeness (QED) is 0.465. The van der Waals surface area contributed by atoms with Crippen molar-refractivity contribution < 1.29 is 19.7 Å². The molecule has 4 N–H and O–H groups in total. The van der Waals surface area contributed by atoms with Crippen LogP contribution in [0.2, 0.25) is 0 Å². The van der Waals surface area contributed by atoms with Crippen LogP contribution < -0.4 is 11.5 Å². The SMILES string of the molecule is Nc1c([N+](=O)[O-])cc([N+](=O)[O-])c2c(N)c([N+](=O)[O-])cc([N+](=O)[O-])c12. The highest BCUT2D eigenvalue weighted by atomic mass is 16.6. The van der Waals surface area contributed by atoms with Crippen LogP contribution in [0.4, 0.5) is 34.1 Å². The third kappa shape index (κ3) is 2.23. The third-order valence-electron chi connectivity index (χ3n) is 3.19. The van der Waals surface area contributed by atoms with E-state index < -0.39 is 64.6 Å². The van der Waals surface area contributed by atoms with Crippen molar-refractivity contribution in [3.63, 3.8) is 0 Å². The Labute approximate surface area is 129 Å². The molecule has 0 aliphatic heterocycles. The number of nitrogens with zero attached hydrogens (tertiary/aromatic N) is 4. The lowest BCUT2D eigenvalue weighted by atomic mass is 10.0. The van der Waals surface area contributed by atoms with Crippen LogP contribution in [0.5, 0.6) is 0 Å². The Hall–Kier alpha value is -4.10. The first-order valence-electron chi connectivity index (χ1n) is 5.84. The van der Waals surface area contributed by atoms with Crippen LogP contribution in [-0.4, -0.2) is 19.7 Å². The fourth-order valence-electron chi connectivity index (χ4n) is 2.21. The number of non-ortho nitro benzene ring substituents is 2. The van der Waals surface area contributed by atoms with Crippen molar-refractivity contribution in [2.24, 2.45) is 0 Å². The van der Waals surface area contributed by atoms with Crippen LogP contribution in [0.3, 0.4) is 0 Å². The predicted octanol–water partition coefficient (Wildman–Crippen LogP) is 1.64. The number of fused-ring (bicyclic) bond motifs is 1. The molecule has 0 aliphatic carbocycles. The van der Waals surface area contributed by atoms with Crippen molar-refractivity contribution in [2.45, 2.75) is 0 Å². The zero-order chi connectivity index (χ0) is 18.3. The number of hydrogen-bond acceptors (Lipinski definition) is 10. The minimum Gasteiger partial charge on any atom is -0.392 e. The van der Waals surface area contributed by atoms with Gasteiger partial charge in [-0.1, -0.05) is 0 Å². The van der Waals surface area contributed by atoms with Gasteiger partial charge in [-0.15, -0.1) is 0 Å². The first kappa shape index (κ1) is 16.3. The molecule has 0 fully saturated rings. The molecule has 0 atom stereocenters. The molecule has 0 unspecified atom stereocenters. The largest absolute Gasteiger partial charge is 0.392 e.